The van der Waals surface area contributed by atoms with Gasteiger partial charge < -0.3 is 0 Å². The monoisotopic (exact) mass is 262 g/mol. The van der Waals surface area contributed by atoms with Crippen LogP contribution in [0.15, 0.2) is 17.8 Å². The normalized spacial score (nSPS) is 16.1. The number of nitrogens with zero attached hydrogens (tertiary/aromatic N) is 2. The van der Waals surface area contributed by atoms with E-state index in [4.69, 9.17) is 35.0 Å². The molecule has 17 heavy (non-hydrogen) atoms. The third-order valence-corrected chi connectivity index (χ3v) is 3.25. The van der Waals surface area contributed by atoms with Crippen LogP contribution in [0.3, 0.4) is 0 Å². The van der Waals surface area contributed by atoms with Crippen molar-refractivity contribution in [1.82, 2.24) is 0 Å². The summed E-state index contributed by atoms with van der Waals surface area (Å²) >= 11 is 11.7. The van der Waals surface area contributed by atoms with Crippen molar-refractivity contribution < 1.29 is 4.79 Å². The number of rotatable bonds is 0. The molecule has 0 saturated carbocycles. The zero-order valence-corrected chi connectivity index (χ0v) is 9.93. The molecule has 0 unspecified atom stereocenters. The lowest BCUT2D eigenvalue weighted by Crippen LogP contribution is -1.90. The standard InChI is InChI=1S/C12H4Cl2N2O/c1-16-11(5-15)7-4-12(17)8-3-10(14)9(13)2-6(7)8/h2-3H,4H2/b11-7-. The van der Waals surface area contributed by atoms with Gasteiger partial charge in [-0.15, -0.1) is 0 Å². The molecular weight excluding hydrogens is 259 g/mol. The van der Waals surface area contributed by atoms with Gasteiger partial charge >= 0.3 is 0 Å². The van der Waals surface area contributed by atoms with Crippen molar-refractivity contribution in [2.24, 2.45) is 0 Å². The highest BCUT2D eigenvalue weighted by atomic mass is 35.5. The molecule has 1 aliphatic rings. The van der Waals surface area contributed by atoms with E-state index in [1.807, 2.05) is 0 Å². The van der Waals surface area contributed by atoms with Gasteiger partial charge in [-0.3, -0.25) is 4.79 Å². The van der Waals surface area contributed by atoms with Crippen LogP contribution in [-0.4, -0.2) is 5.78 Å². The molecule has 0 amide bonds. The molecule has 0 atom stereocenters. The van der Waals surface area contributed by atoms with Gasteiger partial charge in [0.2, 0.25) is 0 Å². The lowest BCUT2D eigenvalue weighted by molar-refractivity contribution is 0.100. The predicted molar refractivity (Wildman–Crippen MR) is 64.5 cm³/mol. The van der Waals surface area contributed by atoms with Crippen LogP contribution in [0.5, 0.6) is 0 Å². The van der Waals surface area contributed by atoms with Crippen molar-refractivity contribution in [3.63, 3.8) is 0 Å². The molecule has 0 spiro atoms. The van der Waals surface area contributed by atoms with Crippen LogP contribution < -0.4 is 0 Å². The molecule has 0 heterocycles. The molecule has 3 nitrogen and oxygen atoms in total. The second-order valence-electron chi connectivity index (χ2n) is 3.46. The van der Waals surface area contributed by atoms with Crippen LogP contribution in [0.4, 0.5) is 0 Å². The maximum Gasteiger partial charge on any atom is 0.266 e. The summed E-state index contributed by atoms with van der Waals surface area (Å²) in [6, 6.07) is 4.80. The first-order valence-corrected chi connectivity index (χ1v) is 5.37. The summed E-state index contributed by atoms with van der Waals surface area (Å²) in [6.45, 7) is 6.90. The summed E-state index contributed by atoms with van der Waals surface area (Å²) in [5.41, 5.74) is 1.32. The van der Waals surface area contributed by atoms with Crippen LogP contribution in [0, 0.1) is 17.9 Å². The summed E-state index contributed by atoms with van der Waals surface area (Å²) < 4.78 is 0. The maximum atomic E-state index is 11.7. The molecule has 1 aliphatic carbocycles. The minimum absolute atomic E-state index is 0.0529. The van der Waals surface area contributed by atoms with Crippen molar-refractivity contribution in [1.29, 1.82) is 5.26 Å². The number of ketones is 1. The van der Waals surface area contributed by atoms with Crippen molar-refractivity contribution in [3.05, 3.63) is 50.4 Å². The Kier molecular flexibility index (Phi) is 2.90. The molecular formula is C12H4Cl2N2O. The fourth-order valence-electron chi connectivity index (χ4n) is 1.75. The summed E-state index contributed by atoms with van der Waals surface area (Å²) in [5.74, 6) is -0.148. The molecule has 1 aromatic carbocycles. The van der Waals surface area contributed by atoms with Crippen molar-refractivity contribution in [2.75, 3.05) is 0 Å². The van der Waals surface area contributed by atoms with Gasteiger partial charge in [-0.05, 0) is 23.3 Å². The number of carbonyl (C=O) groups is 1. The van der Waals surface area contributed by atoms with Crippen LogP contribution >= 0.6 is 23.2 Å². The van der Waals surface area contributed by atoms with E-state index in [2.05, 4.69) is 4.85 Å². The van der Waals surface area contributed by atoms with Crippen LogP contribution in [-0.2, 0) is 0 Å². The number of benzene rings is 1. The number of carbonyl (C=O) groups excluding carboxylic acids is 1. The Labute approximate surface area is 108 Å². The van der Waals surface area contributed by atoms with Gasteiger partial charge in [0.15, 0.2) is 5.78 Å². The van der Waals surface area contributed by atoms with Crippen molar-refractivity contribution in [2.45, 2.75) is 6.42 Å². The third-order valence-electron chi connectivity index (χ3n) is 2.53. The van der Waals surface area contributed by atoms with Gasteiger partial charge in [-0.2, -0.15) is 0 Å². The first-order chi connectivity index (χ1) is 8.08. The van der Waals surface area contributed by atoms with Gasteiger partial charge in [0.25, 0.3) is 5.70 Å². The smallest absolute Gasteiger partial charge is 0.266 e. The predicted octanol–water partition coefficient (Wildman–Crippen LogP) is 3.73. The van der Waals surface area contributed by atoms with E-state index >= 15 is 0 Å². The van der Waals surface area contributed by atoms with E-state index in [-0.39, 0.29) is 17.9 Å². The Hall–Kier alpha value is -1.81. The Balaban J connectivity index is 2.77. The number of fused-ring (bicyclic) bond motifs is 1. The highest BCUT2D eigenvalue weighted by Gasteiger charge is 2.28. The molecule has 2 rings (SSSR count). The van der Waals surface area contributed by atoms with E-state index < -0.39 is 0 Å². The topological polar surface area (TPSA) is 45.2 Å². The lowest BCUT2D eigenvalue weighted by Gasteiger charge is -2.02. The van der Waals surface area contributed by atoms with Gasteiger partial charge in [0.1, 0.15) is 0 Å². The highest BCUT2D eigenvalue weighted by molar-refractivity contribution is 6.42. The molecule has 0 N–H and O–H groups in total. The summed E-state index contributed by atoms with van der Waals surface area (Å²) in [6.07, 6.45) is 0.0529. The molecule has 1 aromatic rings. The molecule has 0 bridgehead atoms. The Morgan fingerprint density at radius 2 is 1.94 bits per heavy atom. The number of hydrogen-bond acceptors (Lipinski definition) is 2. The number of halogens is 2. The van der Waals surface area contributed by atoms with E-state index in [0.717, 1.165) is 0 Å². The lowest BCUT2D eigenvalue weighted by atomic mass is 10.1. The quantitative estimate of drug-likeness (QED) is 0.528. The van der Waals surface area contributed by atoms with E-state index in [0.29, 0.717) is 26.7 Å². The van der Waals surface area contributed by atoms with Gasteiger partial charge in [0.05, 0.1) is 22.7 Å². The molecule has 0 aromatic heterocycles. The summed E-state index contributed by atoms with van der Waals surface area (Å²) in [5, 5.41) is 9.43. The van der Waals surface area contributed by atoms with Gasteiger partial charge in [-0.1, -0.05) is 23.2 Å². The number of hydrogen-bond donors (Lipinski definition) is 0. The van der Waals surface area contributed by atoms with Crippen LogP contribution in [0.1, 0.15) is 22.3 Å². The van der Waals surface area contributed by atoms with Crippen LogP contribution in [0.25, 0.3) is 10.4 Å². The summed E-state index contributed by atoms with van der Waals surface area (Å²) in [4.78, 5) is 14.8. The SMILES string of the molecule is [C-]#[N+]/C(C#N)=C1/CC(=O)c2cc(Cl)c(Cl)cc21. The fraction of sp³-hybridized carbons (Fsp3) is 0.0833. The minimum Gasteiger partial charge on any atom is -0.294 e. The maximum absolute atomic E-state index is 11.7. The van der Waals surface area contributed by atoms with E-state index in [9.17, 15) is 4.79 Å². The Bertz CT molecular complexity index is 632. The number of nitriles is 1. The molecule has 0 saturated heterocycles. The fourth-order valence-corrected chi connectivity index (χ4v) is 2.08. The zero-order valence-electron chi connectivity index (χ0n) is 8.42. The average Bonchev–Trinajstić information content (AvgIpc) is 2.60. The average molecular weight is 263 g/mol. The largest absolute Gasteiger partial charge is 0.294 e. The van der Waals surface area contributed by atoms with Crippen LogP contribution in [0.2, 0.25) is 10.0 Å². The number of allylic oxidation sites excluding steroid dienone is 2. The highest BCUT2D eigenvalue weighted by Crippen LogP contribution is 2.39. The van der Waals surface area contributed by atoms with Gasteiger partial charge in [-0.25, -0.2) is 10.1 Å². The zero-order chi connectivity index (χ0) is 12.6. The molecule has 5 heteroatoms. The molecule has 82 valence electrons. The van der Waals surface area contributed by atoms with Crippen molar-refractivity contribution in [3.8, 4) is 6.07 Å². The van der Waals surface area contributed by atoms with E-state index in [1.54, 1.807) is 6.07 Å². The Morgan fingerprint density at radius 1 is 1.35 bits per heavy atom. The summed E-state index contributed by atoms with van der Waals surface area (Å²) in [7, 11) is 0. The first kappa shape index (κ1) is 11.7. The molecule has 0 aliphatic heterocycles. The second kappa shape index (κ2) is 4.22. The third kappa shape index (κ3) is 1.80. The van der Waals surface area contributed by atoms with Crippen molar-refractivity contribution >= 4 is 34.6 Å². The van der Waals surface area contributed by atoms with E-state index in [1.165, 1.54) is 12.1 Å². The first-order valence-electron chi connectivity index (χ1n) is 4.61. The molecule has 0 fully saturated rings. The minimum atomic E-state index is -0.148. The second-order valence-corrected chi connectivity index (χ2v) is 4.28. The van der Waals surface area contributed by atoms with Gasteiger partial charge in [0, 0.05) is 12.0 Å². The Morgan fingerprint density at radius 3 is 2.47 bits per heavy atom. The number of Topliss-reactive ketones (excluding diaryl/α,β-unsaturated/α-hetero) is 1. The molecule has 0 radical (unpaired) electrons.